The van der Waals surface area contributed by atoms with Gasteiger partial charge in [-0.05, 0) is 32.6 Å². The van der Waals surface area contributed by atoms with E-state index in [1.165, 1.54) is 6.92 Å². The molecule has 220 valence electrons. The van der Waals surface area contributed by atoms with Crippen molar-refractivity contribution >= 4 is 47.4 Å². The molecule has 0 radical (unpaired) electrons. The highest BCUT2D eigenvalue weighted by molar-refractivity contribution is 5.95. The SMILES string of the molecule is C[C@H](NC(=O)[C@H](CCCN=C(N)N)NC(=O)[C@H](CCC(=O)O)NC(=O)CN)C(=O)N[C@@H](CCC(N)=O)C(=O)O. The van der Waals surface area contributed by atoms with Gasteiger partial charge in [-0.25, -0.2) is 4.79 Å². The van der Waals surface area contributed by atoms with E-state index in [9.17, 15) is 38.7 Å². The summed E-state index contributed by atoms with van der Waals surface area (Å²) in [5, 5.41) is 27.4. The van der Waals surface area contributed by atoms with E-state index in [0.29, 0.717) is 0 Å². The van der Waals surface area contributed by atoms with Gasteiger partial charge in [0.05, 0.1) is 6.54 Å². The highest BCUT2D eigenvalue weighted by Crippen LogP contribution is 2.05. The molecule has 14 N–H and O–H groups in total. The Kier molecular flexibility index (Phi) is 15.8. The van der Waals surface area contributed by atoms with Gasteiger partial charge < -0.3 is 54.4 Å². The molecule has 0 aliphatic heterocycles. The lowest BCUT2D eigenvalue weighted by Crippen LogP contribution is -2.57. The van der Waals surface area contributed by atoms with Crippen molar-refractivity contribution in [2.75, 3.05) is 13.1 Å². The van der Waals surface area contributed by atoms with Crippen LogP contribution in [-0.4, -0.2) is 94.9 Å². The number of rotatable bonds is 19. The van der Waals surface area contributed by atoms with Crippen LogP contribution in [0.1, 0.15) is 45.4 Å². The van der Waals surface area contributed by atoms with Gasteiger partial charge in [0.25, 0.3) is 0 Å². The Labute approximate surface area is 223 Å². The van der Waals surface area contributed by atoms with E-state index in [1.807, 2.05) is 0 Å². The first kappa shape index (κ1) is 34.5. The van der Waals surface area contributed by atoms with Crippen molar-refractivity contribution in [2.24, 2.45) is 27.9 Å². The largest absolute Gasteiger partial charge is 0.481 e. The molecule has 5 amide bonds. The second kappa shape index (κ2) is 17.9. The van der Waals surface area contributed by atoms with E-state index < -0.39 is 78.6 Å². The van der Waals surface area contributed by atoms with Crippen molar-refractivity contribution < 1.29 is 43.8 Å². The molecule has 0 saturated carbocycles. The summed E-state index contributed by atoms with van der Waals surface area (Å²) in [6.45, 7) is 0.878. The lowest BCUT2D eigenvalue weighted by atomic mass is 10.1. The molecule has 39 heavy (non-hydrogen) atoms. The van der Waals surface area contributed by atoms with Crippen LogP contribution in [0.3, 0.4) is 0 Å². The summed E-state index contributed by atoms with van der Waals surface area (Å²) in [4.78, 5) is 87.0. The molecular weight excluding hydrogens is 522 g/mol. The van der Waals surface area contributed by atoms with Gasteiger partial charge >= 0.3 is 11.9 Å². The van der Waals surface area contributed by atoms with E-state index >= 15 is 0 Å². The Morgan fingerprint density at radius 2 is 1.28 bits per heavy atom. The molecular formula is C21H37N9O9. The number of primary amides is 1. The van der Waals surface area contributed by atoms with Crippen molar-refractivity contribution in [3.8, 4) is 0 Å². The average molecular weight is 560 g/mol. The average Bonchev–Trinajstić information content (AvgIpc) is 2.84. The fourth-order valence-electron chi connectivity index (χ4n) is 3.05. The van der Waals surface area contributed by atoms with E-state index in [0.717, 1.165) is 0 Å². The lowest BCUT2D eigenvalue weighted by molar-refractivity contribution is -0.142. The molecule has 0 aromatic heterocycles. The monoisotopic (exact) mass is 559 g/mol. The van der Waals surface area contributed by atoms with Gasteiger partial charge in [0, 0.05) is 19.4 Å². The van der Waals surface area contributed by atoms with E-state index in [-0.39, 0.29) is 44.6 Å². The van der Waals surface area contributed by atoms with Crippen LogP contribution in [0.25, 0.3) is 0 Å². The molecule has 0 rings (SSSR count). The fraction of sp³-hybridized carbons (Fsp3) is 0.619. The number of hydrogen-bond acceptors (Lipinski definition) is 9. The Morgan fingerprint density at radius 3 is 1.79 bits per heavy atom. The molecule has 0 bridgehead atoms. The van der Waals surface area contributed by atoms with Gasteiger partial charge in [0.15, 0.2) is 5.96 Å². The Balaban J connectivity index is 5.56. The standard InChI is InChI=1S/C21H37N9O9/c1-10(17(35)30-13(20(38)39)4-6-14(23)31)27-18(36)11(3-2-8-26-21(24)25)29-19(37)12(5-7-16(33)34)28-15(32)9-22/h10-13H,2-9,22H2,1H3,(H2,23,31)(H,27,36)(H,28,32)(H,29,37)(H,30,35)(H,33,34)(H,38,39)(H4,24,25,26)/t10-,11-,12-,13-/m0/s1. The topological polar surface area (TPSA) is 325 Å². The van der Waals surface area contributed by atoms with Gasteiger partial charge in [-0.15, -0.1) is 0 Å². The molecule has 0 aliphatic carbocycles. The van der Waals surface area contributed by atoms with Crippen molar-refractivity contribution in [2.45, 2.75) is 69.6 Å². The molecule has 18 heteroatoms. The molecule has 0 aromatic rings. The number of nitrogens with one attached hydrogen (secondary N) is 4. The third-order valence-corrected chi connectivity index (χ3v) is 5.11. The molecule has 0 fully saturated rings. The zero-order valence-electron chi connectivity index (χ0n) is 21.5. The summed E-state index contributed by atoms with van der Waals surface area (Å²) in [6, 6.07) is -5.33. The number of carboxylic acid groups (broad SMARTS) is 2. The number of aliphatic carboxylic acids is 2. The second-order valence-electron chi connectivity index (χ2n) is 8.40. The second-order valence-corrected chi connectivity index (χ2v) is 8.40. The third-order valence-electron chi connectivity index (χ3n) is 5.11. The summed E-state index contributed by atoms with van der Waals surface area (Å²) < 4.78 is 0. The maximum atomic E-state index is 13.0. The maximum Gasteiger partial charge on any atom is 0.326 e. The molecule has 4 atom stereocenters. The van der Waals surface area contributed by atoms with Gasteiger partial charge in [-0.2, -0.15) is 0 Å². The molecule has 18 nitrogen and oxygen atoms in total. The smallest absolute Gasteiger partial charge is 0.326 e. The van der Waals surface area contributed by atoms with E-state index in [2.05, 4.69) is 26.3 Å². The number of aliphatic imine (C=N–C) groups is 1. The number of hydrogen-bond donors (Lipinski definition) is 10. The summed E-state index contributed by atoms with van der Waals surface area (Å²) in [5.41, 5.74) is 20.8. The first-order valence-corrected chi connectivity index (χ1v) is 11.9. The van der Waals surface area contributed by atoms with E-state index in [4.69, 9.17) is 28.0 Å². The number of nitrogens with two attached hydrogens (primary N) is 4. The zero-order valence-corrected chi connectivity index (χ0v) is 21.5. The first-order valence-electron chi connectivity index (χ1n) is 11.9. The summed E-state index contributed by atoms with van der Waals surface area (Å²) >= 11 is 0. The number of guanidine groups is 1. The molecule has 0 heterocycles. The summed E-state index contributed by atoms with van der Waals surface area (Å²) in [5.74, 6) is -6.95. The zero-order chi connectivity index (χ0) is 30.1. The van der Waals surface area contributed by atoms with Crippen LogP contribution in [0.15, 0.2) is 4.99 Å². The maximum absolute atomic E-state index is 13.0. The lowest BCUT2D eigenvalue weighted by Gasteiger charge is -2.24. The van der Waals surface area contributed by atoms with Crippen LogP contribution in [0, 0.1) is 0 Å². The Morgan fingerprint density at radius 1 is 0.744 bits per heavy atom. The number of amides is 5. The highest BCUT2D eigenvalue weighted by Gasteiger charge is 2.29. The summed E-state index contributed by atoms with van der Waals surface area (Å²) in [6.07, 6.45) is -1.17. The minimum Gasteiger partial charge on any atom is -0.481 e. The van der Waals surface area contributed by atoms with Crippen LogP contribution in [0.4, 0.5) is 0 Å². The van der Waals surface area contributed by atoms with Crippen LogP contribution in [-0.2, 0) is 33.6 Å². The van der Waals surface area contributed by atoms with Crippen LogP contribution in [0.5, 0.6) is 0 Å². The van der Waals surface area contributed by atoms with Crippen LogP contribution in [0.2, 0.25) is 0 Å². The Hall–Kier alpha value is -4.48. The Bertz CT molecular complexity index is 938. The van der Waals surface area contributed by atoms with E-state index in [1.54, 1.807) is 0 Å². The summed E-state index contributed by atoms with van der Waals surface area (Å²) in [7, 11) is 0. The first-order chi connectivity index (χ1) is 18.2. The van der Waals surface area contributed by atoms with Crippen molar-refractivity contribution in [3.05, 3.63) is 0 Å². The highest BCUT2D eigenvalue weighted by atomic mass is 16.4. The molecule has 0 aromatic carbocycles. The minimum absolute atomic E-state index is 0.0322. The van der Waals surface area contributed by atoms with Gasteiger partial charge in [0.1, 0.15) is 24.2 Å². The fourth-order valence-corrected chi connectivity index (χ4v) is 3.05. The quantitative estimate of drug-likeness (QED) is 0.0404. The van der Waals surface area contributed by atoms with Crippen molar-refractivity contribution in [3.63, 3.8) is 0 Å². The van der Waals surface area contributed by atoms with Gasteiger partial charge in [-0.3, -0.25) is 33.8 Å². The normalized spacial score (nSPS) is 13.5. The number of nitrogens with zero attached hydrogens (tertiary/aromatic N) is 1. The van der Waals surface area contributed by atoms with Crippen LogP contribution >= 0.6 is 0 Å². The molecule has 0 saturated heterocycles. The molecule has 0 unspecified atom stereocenters. The molecule has 0 aliphatic rings. The van der Waals surface area contributed by atoms with Crippen molar-refractivity contribution in [1.29, 1.82) is 0 Å². The predicted molar refractivity (Wildman–Crippen MR) is 135 cm³/mol. The van der Waals surface area contributed by atoms with Gasteiger partial charge in [-0.1, -0.05) is 0 Å². The molecule has 0 spiro atoms. The number of carbonyl (C=O) groups excluding carboxylic acids is 5. The predicted octanol–water partition coefficient (Wildman–Crippen LogP) is -4.83. The van der Waals surface area contributed by atoms with Crippen LogP contribution < -0.4 is 44.2 Å². The number of carboxylic acids is 2. The van der Waals surface area contributed by atoms with Crippen molar-refractivity contribution in [1.82, 2.24) is 21.3 Å². The minimum atomic E-state index is -1.44. The van der Waals surface area contributed by atoms with Gasteiger partial charge in [0.2, 0.25) is 29.5 Å². The third kappa shape index (κ3) is 15.4. The number of carbonyl (C=O) groups is 7.